The number of guanidine groups is 1. The van der Waals surface area contributed by atoms with E-state index in [1.807, 2.05) is 20.8 Å². The Bertz CT molecular complexity index is 460. The molecule has 0 aromatic carbocycles. The van der Waals surface area contributed by atoms with Crippen molar-refractivity contribution >= 4 is 41.3 Å². The van der Waals surface area contributed by atoms with E-state index >= 15 is 0 Å². The van der Waals surface area contributed by atoms with Gasteiger partial charge in [0.15, 0.2) is 5.96 Å². The molecule has 0 spiro atoms. The number of thiazole rings is 1. The molecular formula is C12H20F3IN4S. The number of aliphatic imine (C=N–C) groups is 1. The highest BCUT2D eigenvalue weighted by atomic mass is 127. The molecule has 1 heterocycles. The quantitative estimate of drug-likeness (QED) is 0.423. The second kappa shape index (κ2) is 9.44. The molecule has 0 aliphatic carbocycles. The van der Waals surface area contributed by atoms with E-state index in [2.05, 4.69) is 20.6 Å². The Labute approximate surface area is 143 Å². The lowest BCUT2D eigenvalue weighted by molar-refractivity contribution is -0.132. The van der Waals surface area contributed by atoms with E-state index in [1.54, 1.807) is 11.3 Å². The molecule has 1 aromatic rings. The third kappa shape index (κ3) is 8.44. The number of nitrogens with zero attached hydrogens (tertiary/aromatic N) is 2. The second-order valence-corrected chi connectivity index (χ2v) is 5.52. The molecule has 0 aliphatic heterocycles. The van der Waals surface area contributed by atoms with Gasteiger partial charge in [-0.3, -0.25) is 0 Å². The van der Waals surface area contributed by atoms with Crippen molar-refractivity contribution in [2.45, 2.75) is 39.9 Å². The maximum absolute atomic E-state index is 12.1. The maximum Gasteiger partial charge on any atom is 0.390 e. The zero-order valence-corrected chi connectivity index (χ0v) is 15.3. The molecule has 0 aliphatic rings. The van der Waals surface area contributed by atoms with Crippen molar-refractivity contribution in [2.75, 3.05) is 13.1 Å². The molecule has 21 heavy (non-hydrogen) atoms. The zero-order valence-electron chi connectivity index (χ0n) is 12.2. The molecule has 1 rings (SSSR count). The Kier molecular flexibility index (Phi) is 9.18. The molecule has 0 atom stereocenters. The monoisotopic (exact) mass is 436 g/mol. The molecule has 0 amide bonds. The average molecular weight is 436 g/mol. The van der Waals surface area contributed by atoms with E-state index in [4.69, 9.17) is 0 Å². The zero-order chi connectivity index (χ0) is 15.2. The largest absolute Gasteiger partial charge is 0.390 e. The molecule has 0 radical (unpaired) electrons. The average Bonchev–Trinajstić information content (AvgIpc) is 2.63. The van der Waals surface area contributed by atoms with Crippen LogP contribution in [0.2, 0.25) is 0 Å². The van der Waals surface area contributed by atoms with Crippen LogP contribution >= 0.6 is 35.3 Å². The summed E-state index contributed by atoms with van der Waals surface area (Å²) in [5, 5.41) is 6.56. The van der Waals surface area contributed by atoms with Gasteiger partial charge in [-0.15, -0.1) is 35.3 Å². The first-order valence-electron chi connectivity index (χ1n) is 6.33. The number of hydrogen-bond acceptors (Lipinski definition) is 3. The molecule has 0 bridgehead atoms. The van der Waals surface area contributed by atoms with Gasteiger partial charge in [0.25, 0.3) is 0 Å². The minimum atomic E-state index is -4.16. The summed E-state index contributed by atoms with van der Waals surface area (Å²) in [6.07, 6.45) is -5.04. The number of nitrogens with one attached hydrogen (secondary N) is 2. The van der Waals surface area contributed by atoms with Crippen LogP contribution in [-0.4, -0.2) is 30.2 Å². The molecule has 122 valence electrons. The van der Waals surface area contributed by atoms with Crippen molar-refractivity contribution in [3.63, 3.8) is 0 Å². The van der Waals surface area contributed by atoms with Gasteiger partial charge in [-0.25, -0.2) is 9.98 Å². The minimum absolute atomic E-state index is 0. The van der Waals surface area contributed by atoms with Crippen LogP contribution in [0, 0.1) is 13.8 Å². The fraction of sp³-hybridized carbons (Fsp3) is 0.667. The van der Waals surface area contributed by atoms with Gasteiger partial charge >= 0.3 is 6.18 Å². The molecular weight excluding hydrogens is 416 g/mol. The van der Waals surface area contributed by atoms with Crippen molar-refractivity contribution in [1.29, 1.82) is 0 Å². The minimum Gasteiger partial charge on any atom is -0.357 e. The second-order valence-electron chi connectivity index (χ2n) is 4.23. The van der Waals surface area contributed by atoms with E-state index in [9.17, 15) is 13.2 Å². The molecule has 4 nitrogen and oxygen atoms in total. The van der Waals surface area contributed by atoms with Gasteiger partial charge in [0, 0.05) is 18.0 Å². The normalized spacial score (nSPS) is 12.0. The van der Waals surface area contributed by atoms with E-state index in [1.165, 1.54) is 0 Å². The summed E-state index contributed by atoms with van der Waals surface area (Å²) < 4.78 is 36.3. The van der Waals surface area contributed by atoms with Crippen LogP contribution in [0.15, 0.2) is 4.99 Å². The van der Waals surface area contributed by atoms with Crippen LogP contribution in [0.25, 0.3) is 0 Å². The molecule has 0 unspecified atom stereocenters. The van der Waals surface area contributed by atoms with Crippen molar-refractivity contribution < 1.29 is 13.2 Å². The Morgan fingerprint density at radius 1 is 1.29 bits per heavy atom. The summed E-state index contributed by atoms with van der Waals surface area (Å²) in [6.45, 7) is 6.51. The highest BCUT2D eigenvalue weighted by molar-refractivity contribution is 14.0. The van der Waals surface area contributed by atoms with Crippen molar-refractivity contribution in [3.05, 3.63) is 15.6 Å². The third-order valence-electron chi connectivity index (χ3n) is 2.43. The highest BCUT2D eigenvalue weighted by Crippen LogP contribution is 2.19. The van der Waals surface area contributed by atoms with E-state index in [0.717, 1.165) is 15.6 Å². The topological polar surface area (TPSA) is 49.3 Å². The Morgan fingerprint density at radius 2 is 1.95 bits per heavy atom. The lowest BCUT2D eigenvalue weighted by Gasteiger charge is -2.12. The smallest absolute Gasteiger partial charge is 0.357 e. The van der Waals surface area contributed by atoms with Gasteiger partial charge in [0.2, 0.25) is 0 Å². The summed E-state index contributed by atoms with van der Waals surface area (Å²) in [5.41, 5.74) is 0.919. The lowest BCUT2D eigenvalue weighted by atomic mass is 10.4. The fourth-order valence-corrected chi connectivity index (χ4v) is 2.40. The molecule has 1 aromatic heterocycles. The van der Waals surface area contributed by atoms with Crippen LogP contribution in [0.3, 0.4) is 0 Å². The van der Waals surface area contributed by atoms with E-state index in [-0.39, 0.29) is 30.5 Å². The van der Waals surface area contributed by atoms with Crippen molar-refractivity contribution in [1.82, 2.24) is 15.6 Å². The van der Waals surface area contributed by atoms with E-state index in [0.29, 0.717) is 19.0 Å². The fourth-order valence-electron chi connectivity index (χ4n) is 1.54. The predicted octanol–water partition coefficient (Wildman–Crippen LogP) is 3.39. The van der Waals surface area contributed by atoms with Crippen LogP contribution < -0.4 is 10.6 Å². The van der Waals surface area contributed by atoms with Gasteiger partial charge in [-0.2, -0.15) is 13.2 Å². The first-order valence-corrected chi connectivity index (χ1v) is 7.15. The molecule has 2 N–H and O–H groups in total. The highest BCUT2D eigenvalue weighted by Gasteiger charge is 2.26. The van der Waals surface area contributed by atoms with Gasteiger partial charge in [-0.1, -0.05) is 0 Å². The first kappa shape index (κ1) is 20.4. The number of alkyl halides is 3. The number of rotatable bonds is 5. The molecule has 0 saturated heterocycles. The summed E-state index contributed by atoms with van der Waals surface area (Å²) in [6, 6.07) is 0. The number of aromatic nitrogens is 1. The lowest BCUT2D eigenvalue weighted by Crippen LogP contribution is -2.38. The Hall–Kier alpha value is -0.580. The number of halogens is 4. The Balaban J connectivity index is 0.00000400. The molecule has 0 fully saturated rings. The molecule has 9 heteroatoms. The maximum atomic E-state index is 12.1. The van der Waals surface area contributed by atoms with Crippen LogP contribution in [0.5, 0.6) is 0 Å². The van der Waals surface area contributed by atoms with Gasteiger partial charge in [-0.05, 0) is 20.8 Å². The van der Waals surface area contributed by atoms with Gasteiger partial charge < -0.3 is 10.6 Å². The van der Waals surface area contributed by atoms with Crippen LogP contribution in [0.4, 0.5) is 13.2 Å². The molecule has 0 saturated carbocycles. The van der Waals surface area contributed by atoms with Crippen molar-refractivity contribution in [3.8, 4) is 0 Å². The van der Waals surface area contributed by atoms with E-state index < -0.39 is 12.6 Å². The summed E-state index contributed by atoms with van der Waals surface area (Å²) >= 11 is 1.55. The Morgan fingerprint density at radius 3 is 2.43 bits per heavy atom. The standard InChI is InChI=1S/C12H19F3N4S.HI/c1-4-16-11(17-6-5-12(13,14)15)18-7-10-8(2)19-9(3)20-10;/h4-7H2,1-3H3,(H2,16,17,18);1H. The van der Waals surface area contributed by atoms with Crippen molar-refractivity contribution in [2.24, 2.45) is 4.99 Å². The number of aryl methyl sites for hydroxylation is 2. The van der Waals surface area contributed by atoms with Crippen LogP contribution in [-0.2, 0) is 6.54 Å². The van der Waals surface area contributed by atoms with Gasteiger partial charge in [0.1, 0.15) is 0 Å². The summed E-state index contributed by atoms with van der Waals surface area (Å²) in [4.78, 5) is 9.59. The SMILES string of the molecule is CCNC(=NCc1sc(C)nc1C)NCCC(F)(F)F.I. The predicted molar refractivity (Wildman–Crippen MR) is 90.5 cm³/mol. The third-order valence-corrected chi connectivity index (χ3v) is 3.48. The first-order chi connectivity index (χ1) is 9.31. The van der Waals surface area contributed by atoms with Crippen LogP contribution in [0.1, 0.15) is 28.9 Å². The van der Waals surface area contributed by atoms with Gasteiger partial charge in [0.05, 0.1) is 23.7 Å². The summed E-state index contributed by atoms with van der Waals surface area (Å²) in [5.74, 6) is 0.391. The number of hydrogen-bond donors (Lipinski definition) is 2. The summed E-state index contributed by atoms with van der Waals surface area (Å²) in [7, 11) is 0.